The molecule has 0 spiro atoms. The molecule has 1 aliphatic rings. The summed E-state index contributed by atoms with van der Waals surface area (Å²) in [5.74, 6) is -0.196. The zero-order chi connectivity index (χ0) is 15.5. The molecule has 1 aliphatic carbocycles. The molecular formula is C18H20FNOS. The molecule has 1 heterocycles. The third kappa shape index (κ3) is 3.22. The SMILES string of the molecule is CCN(Cc1cccc(F)c1)C(=O)c1cc2c(s1)CCCC2. The van der Waals surface area contributed by atoms with Gasteiger partial charge in [0.05, 0.1) is 4.88 Å². The van der Waals surface area contributed by atoms with E-state index >= 15 is 0 Å². The van der Waals surface area contributed by atoms with Gasteiger partial charge in [0.2, 0.25) is 0 Å². The molecule has 4 heteroatoms. The third-order valence-corrected chi connectivity index (χ3v) is 5.36. The second kappa shape index (κ2) is 6.61. The fourth-order valence-corrected chi connectivity index (χ4v) is 4.16. The van der Waals surface area contributed by atoms with E-state index in [0.29, 0.717) is 13.1 Å². The van der Waals surface area contributed by atoms with Crippen LogP contribution in [0.4, 0.5) is 4.39 Å². The molecule has 0 saturated heterocycles. The number of carbonyl (C=O) groups is 1. The average molecular weight is 317 g/mol. The topological polar surface area (TPSA) is 20.3 Å². The number of amides is 1. The van der Waals surface area contributed by atoms with Crippen LogP contribution in [-0.4, -0.2) is 17.4 Å². The molecule has 1 amide bonds. The summed E-state index contributed by atoms with van der Waals surface area (Å²) in [6.45, 7) is 3.04. The monoisotopic (exact) mass is 317 g/mol. The number of thiophene rings is 1. The van der Waals surface area contributed by atoms with Crippen LogP contribution in [0.25, 0.3) is 0 Å². The third-order valence-electron chi connectivity index (χ3n) is 4.14. The molecule has 0 saturated carbocycles. The minimum absolute atomic E-state index is 0.0613. The number of nitrogens with zero attached hydrogens (tertiary/aromatic N) is 1. The zero-order valence-corrected chi connectivity index (χ0v) is 13.6. The molecule has 22 heavy (non-hydrogen) atoms. The minimum atomic E-state index is -0.257. The van der Waals surface area contributed by atoms with Gasteiger partial charge < -0.3 is 4.90 Å². The van der Waals surface area contributed by atoms with Gasteiger partial charge in [-0.1, -0.05) is 12.1 Å². The van der Waals surface area contributed by atoms with Crippen LogP contribution in [0.2, 0.25) is 0 Å². The summed E-state index contributed by atoms with van der Waals surface area (Å²) in [4.78, 5) is 16.7. The molecule has 116 valence electrons. The number of aryl methyl sites for hydroxylation is 2. The molecule has 1 aromatic carbocycles. The molecule has 3 rings (SSSR count). The highest BCUT2D eigenvalue weighted by atomic mass is 32.1. The van der Waals surface area contributed by atoms with Crippen molar-refractivity contribution in [3.05, 3.63) is 57.0 Å². The van der Waals surface area contributed by atoms with Crippen LogP contribution < -0.4 is 0 Å². The minimum Gasteiger partial charge on any atom is -0.334 e. The van der Waals surface area contributed by atoms with Gasteiger partial charge in [0.1, 0.15) is 5.82 Å². The van der Waals surface area contributed by atoms with E-state index in [1.54, 1.807) is 22.3 Å². The Morgan fingerprint density at radius 3 is 2.82 bits per heavy atom. The molecule has 0 bridgehead atoms. The first-order chi connectivity index (χ1) is 10.7. The predicted molar refractivity (Wildman–Crippen MR) is 87.8 cm³/mol. The van der Waals surface area contributed by atoms with Crippen molar-refractivity contribution in [2.24, 2.45) is 0 Å². The standard InChI is InChI=1S/C18H20FNOS/c1-2-20(12-13-6-5-8-15(19)10-13)18(21)17-11-14-7-3-4-9-16(14)22-17/h5-6,8,10-11H,2-4,7,9,12H2,1H3. The summed E-state index contributed by atoms with van der Waals surface area (Å²) in [5, 5.41) is 0. The van der Waals surface area contributed by atoms with Gasteiger partial charge in [-0.3, -0.25) is 4.79 Å². The number of halogens is 1. The van der Waals surface area contributed by atoms with Gasteiger partial charge in [0.25, 0.3) is 5.91 Å². The normalized spacial score (nSPS) is 13.7. The van der Waals surface area contributed by atoms with E-state index in [1.165, 1.54) is 35.4 Å². The van der Waals surface area contributed by atoms with Gasteiger partial charge >= 0.3 is 0 Å². The van der Waals surface area contributed by atoms with Crippen LogP contribution in [0, 0.1) is 5.82 Å². The van der Waals surface area contributed by atoms with Crippen molar-refractivity contribution in [3.63, 3.8) is 0 Å². The quantitative estimate of drug-likeness (QED) is 0.817. The van der Waals surface area contributed by atoms with E-state index in [-0.39, 0.29) is 11.7 Å². The zero-order valence-electron chi connectivity index (χ0n) is 12.8. The second-order valence-electron chi connectivity index (χ2n) is 5.72. The lowest BCUT2D eigenvalue weighted by atomic mass is 9.99. The average Bonchev–Trinajstić information content (AvgIpc) is 2.96. The van der Waals surface area contributed by atoms with Crippen molar-refractivity contribution in [3.8, 4) is 0 Å². The van der Waals surface area contributed by atoms with Gasteiger partial charge in [0, 0.05) is 18.0 Å². The first kappa shape index (κ1) is 15.2. The maximum Gasteiger partial charge on any atom is 0.264 e. The number of hydrogen-bond acceptors (Lipinski definition) is 2. The molecule has 2 nitrogen and oxygen atoms in total. The van der Waals surface area contributed by atoms with E-state index in [9.17, 15) is 9.18 Å². The number of carbonyl (C=O) groups excluding carboxylic acids is 1. The first-order valence-corrected chi connectivity index (χ1v) is 8.64. The van der Waals surface area contributed by atoms with E-state index in [2.05, 4.69) is 6.07 Å². The van der Waals surface area contributed by atoms with Crippen molar-refractivity contribution in [1.29, 1.82) is 0 Å². The van der Waals surface area contributed by atoms with Crippen LogP contribution in [0.1, 0.15) is 45.4 Å². The highest BCUT2D eigenvalue weighted by molar-refractivity contribution is 7.14. The van der Waals surface area contributed by atoms with Crippen molar-refractivity contribution < 1.29 is 9.18 Å². The molecule has 0 unspecified atom stereocenters. The van der Waals surface area contributed by atoms with Crippen LogP contribution in [0.3, 0.4) is 0 Å². The Labute approximate surface area is 134 Å². The molecule has 0 aliphatic heterocycles. The van der Waals surface area contributed by atoms with E-state index in [4.69, 9.17) is 0 Å². The van der Waals surface area contributed by atoms with Crippen molar-refractivity contribution in [1.82, 2.24) is 4.90 Å². The highest BCUT2D eigenvalue weighted by Crippen LogP contribution is 2.30. The van der Waals surface area contributed by atoms with Crippen molar-refractivity contribution >= 4 is 17.2 Å². The lowest BCUT2D eigenvalue weighted by Gasteiger charge is -2.20. The van der Waals surface area contributed by atoms with Gasteiger partial charge in [-0.2, -0.15) is 0 Å². The number of benzene rings is 1. The Balaban J connectivity index is 1.78. The summed E-state index contributed by atoms with van der Waals surface area (Å²) in [5.41, 5.74) is 2.18. The second-order valence-corrected chi connectivity index (χ2v) is 6.85. The maximum absolute atomic E-state index is 13.3. The number of hydrogen-bond donors (Lipinski definition) is 0. The highest BCUT2D eigenvalue weighted by Gasteiger charge is 2.21. The molecular weight excluding hydrogens is 297 g/mol. The molecule has 0 N–H and O–H groups in total. The molecule has 1 aromatic heterocycles. The Bertz CT molecular complexity index is 656. The lowest BCUT2D eigenvalue weighted by molar-refractivity contribution is 0.0757. The number of fused-ring (bicyclic) bond motifs is 1. The van der Waals surface area contributed by atoms with Gasteiger partial charge in [-0.25, -0.2) is 4.39 Å². The van der Waals surface area contributed by atoms with E-state index in [1.807, 2.05) is 13.0 Å². The van der Waals surface area contributed by atoms with Crippen LogP contribution in [-0.2, 0) is 19.4 Å². The van der Waals surface area contributed by atoms with E-state index in [0.717, 1.165) is 23.3 Å². The fourth-order valence-electron chi connectivity index (χ4n) is 2.93. The fraction of sp³-hybridized carbons (Fsp3) is 0.389. The Morgan fingerprint density at radius 2 is 2.09 bits per heavy atom. The Kier molecular flexibility index (Phi) is 4.57. The Hall–Kier alpha value is -1.68. The number of rotatable bonds is 4. The summed E-state index contributed by atoms with van der Waals surface area (Å²) >= 11 is 1.64. The summed E-state index contributed by atoms with van der Waals surface area (Å²) in [6.07, 6.45) is 4.64. The van der Waals surface area contributed by atoms with E-state index < -0.39 is 0 Å². The summed E-state index contributed by atoms with van der Waals surface area (Å²) in [6, 6.07) is 8.53. The summed E-state index contributed by atoms with van der Waals surface area (Å²) in [7, 11) is 0. The maximum atomic E-state index is 13.3. The van der Waals surface area contributed by atoms with Gasteiger partial charge in [-0.05, 0) is 61.9 Å². The molecule has 2 aromatic rings. The van der Waals surface area contributed by atoms with Crippen LogP contribution in [0.5, 0.6) is 0 Å². The van der Waals surface area contributed by atoms with Crippen LogP contribution in [0.15, 0.2) is 30.3 Å². The first-order valence-electron chi connectivity index (χ1n) is 7.82. The largest absolute Gasteiger partial charge is 0.334 e. The van der Waals surface area contributed by atoms with Crippen LogP contribution >= 0.6 is 11.3 Å². The Morgan fingerprint density at radius 1 is 1.27 bits per heavy atom. The summed E-state index contributed by atoms with van der Waals surface area (Å²) < 4.78 is 13.3. The van der Waals surface area contributed by atoms with Gasteiger partial charge in [0.15, 0.2) is 0 Å². The molecule has 0 radical (unpaired) electrons. The molecule has 0 fully saturated rings. The molecule has 0 atom stereocenters. The van der Waals surface area contributed by atoms with Crippen molar-refractivity contribution in [2.45, 2.75) is 39.2 Å². The van der Waals surface area contributed by atoms with Gasteiger partial charge in [-0.15, -0.1) is 11.3 Å². The predicted octanol–water partition coefficient (Wildman–Crippen LogP) is 4.43. The van der Waals surface area contributed by atoms with Crippen molar-refractivity contribution in [2.75, 3.05) is 6.54 Å². The smallest absolute Gasteiger partial charge is 0.264 e. The lowest BCUT2D eigenvalue weighted by Crippen LogP contribution is -2.29.